The van der Waals surface area contributed by atoms with Crippen LogP contribution in [0.3, 0.4) is 0 Å². The lowest BCUT2D eigenvalue weighted by molar-refractivity contribution is 0.0769. The van der Waals surface area contributed by atoms with Gasteiger partial charge in [0.25, 0.3) is 5.91 Å². The predicted octanol–water partition coefficient (Wildman–Crippen LogP) is 2.73. The molecule has 0 aliphatic rings. The van der Waals surface area contributed by atoms with Crippen molar-refractivity contribution in [3.8, 4) is 0 Å². The second kappa shape index (κ2) is 5.78. The quantitative estimate of drug-likeness (QED) is 0.801. The molecular weight excluding hydrogens is 210 g/mol. The van der Waals surface area contributed by atoms with Crippen LogP contribution in [0.5, 0.6) is 0 Å². The average molecular weight is 225 g/mol. The van der Waals surface area contributed by atoms with Gasteiger partial charge in [-0.1, -0.05) is 12.1 Å². The average Bonchev–Trinajstić information content (AvgIpc) is 2.30. The van der Waals surface area contributed by atoms with E-state index in [2.05, 4.69) is 0 Å². The van der Waals surface area contributed by atoms with E-state index in [1.54, 1.807) is 29.2 Å². The second-order valence-electron chi connectivity index (χ2n) is 3.06. The van der Waals surface area contributed by atoms with Crippen LogP contribution < -0.4 is 0 Å². The first kappa shape index (κ1) is 12.1. The fourth-order valence-corrected chi connectivity index (χ4v) is 1.80. The van der Waals surface area contributed by atoms with Crippen LogP contribution in [0, 0.1) is 0 Å². The smallest absolute Gasteiger partial charge is 0.255 e. The van der Waals surface area contributed by atoms with Crippen molar-refractivity contribution in [1.82, 2.24) is 4.90 Å². The number of carbonyl (C=O) groups is 1. The zero-order valence-corrected chi connectivity index (χ0v) is 9.75. The largest absolute Gasteiger partial charge is 0.339 e. The maximum atomic E-state index is 12.0. The number of rotatable bonds is 4. The van der Waals surface area contributed by atoms with Crippen LogP contribution in [0.25, 0.3) is 0 Å². The van der Waals surface area contributed by atoms with E-state index in [1.165, 1.54) is 0 Å². The van der Waals surface area contributed by atoms with Crippen LogP contribution in [0.15, 0.2) is 29.2 Å². The van der Waals surface area contributed by atoms with E-state index in [0.717, 1.165) is 0 Å². The molecule has 82 valence electrons. The summed E-state index contributed by atoms with van der Waals surface area (Å²) in [5.41, 5.74) is 0.564. The summed E-state index contributed by atoms with van der Waals surface area (Å²) in [7, 11) is 0. The van der Waals surface area contributed by atoms with Crippen molar-refractivity contribution >= 4 is 17.9 Å². The maximum absolute atomic E-state index is 12.0. The Labute approximate surface area is 94.3 Å². The summed E-state index contributed by atoms with van der Waals surface area (Å²) in [6.45, 7) is 5.24. The highest BCUT2D eigenvalue weighted by molar-refractivity contribution is 7.93. The highest BCUT2D eigenvalue weighted by Crippen LogP contribution is 2.20. The standard InChI is InChI=1S/C11H15NO2S/c1-3-12(4-2)11(13)9-7-5-6-8-10(9)15-14/h5-8,14H,3-4H2,1-2H3. The van der Waals surface area contributed by atoms with E-state index in [-0.39, 0.29) is 5.91 Å². The van der Waals surface area contributed by atoms with Crippen molar-refractivity contribution in [2.45, 2.75) is 18.7 Å². The van der Waals surface area contributed by atoms with Crippen molar-refractivity contribution in [2.75, 3.05) is 13.1 Å². The zero-order valence-electron chi connectivity index (χ0n) is 8.93. The molecule has 0 heterocycles. The van der Waals surface area contributed by atoms with Gasteiger partial charge in [-0.15, -0.1) is 0 Å². The SMILES string of the molecule is CCN(CC)C(=O)c1ccccc1SO. The van der Waals surface area contributed by atoms with Crippen LogP contribution in [0.4, 0.5) is 0 Å². The summed E-state index contributed by atoms with van der Waals surface area (Å²) in [4.78, 5) is 14.3. The number of carbonyl (C=O) groups excluding carboxylic acids is 1. The Morgan fingerprint density at radius 3 is 2.47 bits per heavy atom. The minimum atomic E-state index is -0.0304. The summed E-state index contributed by atoms with van der Waals surface area (Å²) in [6, 6.07) is 7.08. The van der Waals surface area contributed by atoms with Gasteiger partial charge in [-0.05, 0) is 26.0 Å². The lowest BCUT2D eigenvalue weighted by Gasteiger charge is -2.19. The number of amides is 1. The number of nitrogens with zero attached hydrogens (tertiary/aromatic N) is 1. The Hall–Kier alpha value is -1.00. The molecule has 1 N–H and O–H groups in total. The third-order valence-corrected chi connectivity index (χ3v) is 2.82. The van der Waals surface area contributed by atoms with Crippen LogP contribution in [-0.4, -0.2) is 28.4 Å². The van der Waals surface area contributed by atoms with Crippen molar-refractivity contribution < 1.29 is 9.35 Å². The van der Waals surface area contributed by atoms with Crippen molar-refractivity contribution in [2.24, 2.45) is 0 Å². The van der Waals surface area contributed by atoms with E-state index in [9.17, 15) is 4.79 Å². The molecule has 0 bridgehead atoms. The molecule has 1 rings (SSSR count). The minimum Gasteiger partial charge on any atom is -0.339 e. The first-order valence-electron chi connectivity index (χ1n) is 4.94. The Morgan fingerprint density at radius 2 is 1.93 bits per heavy atom. The topological polar surface area (TPSA) is 40.5 Å². The number of benzene rings is 1. The van der Waals surface area contributed by atoms with Gasteiger partial charge in [0.15, 0.2) is 0 Å². The fourth-order valence-electron chi connectivity index (χ4n) is 1.40. The van der Waals surface area contributed by atoms with Gasteiger partial charge in [0, 0.05) is 30.0 Å². The molecule has 0 spiro atoms. The first-order chi connectivity index (χ1) is 7.24. The second-order valence-corrected chi connectivity index (χ2v) is 3.69. The van der Waals surface area contributed by atoms with Gasteiger partial charge in [-0.2, -0.15) is 0 Å². The first-order valence-corrected chi connectivity index (χ1v) is 5.71. The molecule has 0 radical (unpaired) electrons. The normalized spacial score (nSPS) is 10.1. The molecule has 15 heavy (non-hydrogen) atoms. The van der Waals surface area contributed by atoms with Crippen molar-refractivity contribution in [3.63, 3.8) is 0 Å². The molecule has 0 aliphatic carbocycles. The molecule has 0 saturated carbocycles. The van der Waals surface area contributed by atoms with Crippen LogP contribution in [-0.2, 0) is 0 Å². The van der Waals surface area contributed by atoms with Crippen LogP contribution in [0.2, 0.25) is 0 Å². The number of hydrogen-bond acceptors (Lipinski definition) is 3. The summed E-state index contributed by atoms with van der Waals surface area (Å²) >= 11 is 0.615. The van der Waals surface area contributed by atoms with Gasteiger partial charge in [0.05, 0.1) is 5.56 Å². The molecular formula is C11H15NO2S. The molecule has 1 amide bonds. The molecule has 0 atom stereocenters. The zero-order chi connectivity index (χ0) is 11.3. The molecule has 4 heteroatoms. The highest BCUT2D eigenvalue weighted by Gasteiger charge is 2.15. The molecule has 1 aromatic carbocycles. The van der Waals surface area contributed by atoms with Gasteiger partial charge in [0.1, 0.15) is 0 Å². The van der Waals surface area contributed by atoms with Crippen LogP contribution >= 0.6 is 12.0 Å². The maximum Gasteiger partial charge on any atom is 0.255 e. The molecule has 0 fully saturated rings. The summed E-state index contributed by atoms with van der Waals surface area (Å²) in [5.74, 6) is -0.0304. The lowest BCUT2D eigenvalue weighted by Crippen LogP contribution is -2.30. The Morgan fingerprint density at radius 1 is 1.33 bits per heavy atom. The van der Waals surface area contributed by atoms with E-state index in [0.29, 0.717) is 35.6 Å². The van der Waals surface area contributed by atoms with Gasteiger partial charge in [-0.25, -0.2) is 0 Å². The molecule has 0 unspecified atom stereocenters. The summed E-state index contributed by atoms with van der Waals surface area (Å²) in [6.07, 6.45) is 0. The Bertz CT molecular complexity index is 337. The lowest BCUT2D eigenvalue weighted by atomic mass is 10.2. The summed E-state index contributed by atoms with van der Waals surface area (Å²) in [5, 5.41) is 0. The van der Waals surface area contributed by atoms with E-state index >= 15 is 0 Å². The minimum absolute atomic E-state index is 0.0304. The Balaban J connectivity index is 2.99. The number of hydrogen-bond donors (Lipinski definition) is 1. The molecule has 0 aromatic heterocycles. The van der Waals surface area contributed by atoms with Gasteiger partial charge in [0.2, 0.25) is 0 Å². The van der Waals surface area contributed by atoms with Gasteiger partial charge >= 0.3 is 0 Å². The molecule has 3 nitrogen and oxygen atoms in total. The van der Waals surface area contributed by atoms with Crippen molar-refractivity contribution in [1.29, 1.82) is 0 Å². The monoisotopic (exact) mass is 225 g/mol. The Kier molecular flexibility index (Phi) is 4.65. The highest BCUT2D eigenvalue weighted by atomic mass is 32.2. The third kappa shape index (κ3) is 2.73. The van der Waals surface area contributed by atoms with Gasteiger partial charge < -0.3 is 9.45 Å². The fraction of sp³-hybridized carbons (Fsp3) is 0.364. The van der Waals surface area contributed by atoms with E-state index < -0.39 is 0 Å². The summed E-state index contributed by atoms with van der Waals surface area (Å²) < 4.78 is 9.04. The molecule has 0 aliphatic heterocycles. The molecule has 1 aromatic rings. The predicted molar refractivity (Wildman–Crippen MR) is 62.2 cm³/mol. The van der Waals surface area contributed by atoms with E-state index in [1.807, 2.05) is 13.8 Å². The van der Waals surface area contributed by atoms with E-state index in [4.69, 9.17) is 4.55 Å². The molecule has 0 saturated heterocycles. The van der Waals surface area contributed by atoms with Crippen LogP contribution in [0.1, 0.15) is 24.2 Å². The van der Waals surface area contributed by atoms with Gasteiger partial charge in [-0.3, -0.25) is 4.79 Å². The van der Waals surface area contributed by atoms with Crippen molar-refractivity contribution in [3.05, 3.63) is 29.8 Å². The third-order valence-electron chi connectivity index (χ3n) is 2.27.